The Balaban J connectivity index is 1.03. The Morgan fingerprint density at radius 2 is 1.19 bits per heavy atom. The third-order valence-corrected chi connectivity index (χ3v) is 11.2. The van der Waals surface area contributed by atoms with Gasteiger partial charge in [-0.1, -0.05) is 52.0 Å². The van der Waals surface area contributed by atoms with Gasteiger partial charge in [0, 0.05) is 29.6 Å². The number of aromatic amines is 2. The molecule has 312 valence electrons. The van der Waals surface area contributed by atoms with Gasteiger partial charge in [0.25, 0.3) is 0 Å². The van der Waals surface area contributed by atoms with E-state index in [2.05, 4.69) is 31.7 Å². The van der Waals surface area contributed by atoms with Gasteiger partial charge in [0.05, 0.1) is 50.1 Å². The van der Waals surface area contributed by atoms with Gasteiger partial charge in [0.1, 0.15) is 35.1 Å². The summed E-state index contributed by atoms with van der Waals surface area (Å²) < 4.78 is 15.9. The number of carbonyl (C=O) groups excluding carboxylic acids is 4. The number of nitrogens with one attached hydrogen (secondary N) is 4. The smallest absolute Gasteiger partial charge is 0.407 e. The summed E-state index contributed by atoms with van der Waals surface area (Å²) in [5, 5.41) is 6.39. The molecule has 2 fully saturated rings. The van der Waals surface area contributed by atoms with E-state index in [1.807, 2.05) is 80.0 Å². The molecule has 2 aromatic carbocycles. The van der Waals surface area contributed by atoms with Gasteiger partial charge in [-0.25, -0.2) is 19.6 Å². The number of likely N-dealkylation sites (tertiary alicyclic amines) is 2. The van der Waals surface area contributed by atoms with Crippen LogP contribution in [0.15, 0.2) is 65.3 Å². The Labute approximate surface area is 343 Å². The fourth-order valence-electron chi connectivity index (χ4n) is 8.29. The molecule has 3 aromatic heterocycles. The quantitative estimate of drug-likeness (QED) is 0.0923. The Morgan fingerprint density at radius 1 is 0.712 bits per heavy atom. The summed E-state index contributed by atoms with van der Waals surface area (Å²) in [5.74, 6) is 2.30. The van der Waals surface area contributed by atoms with E-state index in [9.17, 15) is 19.2 Å². The fraction of sp³-hybridized carbons (Fsp3) is 0.455. The summed E-state index contributed by atoms with van der Waals surface area (Å²) in [6.45, 7) is 9.25. The Bertz CT molecular complexity index is 2270. The number of hydrogen-bond acceptors (Lipinski definition) is 9. The van der Waals surface area contributed by atoms with Crippen molar-refractivity contribution in [2.24, 2.45) is 11.8 Å². The minimum absolute atomic E-state index is 0.132. The first-order valence-electron chi connectivity index (χ1n) is 20.5. The molecule has 2 saturated heterocycles. The summed E-state index contributed by atoms with van der Waals surface area (Å²) in [6, 6.07) is 14.3. The standard InChI is InChI=1S/C44H54N8O7/c1-25(2)19-31(49-43(55)57-5)41(53)51-17-7-9-35(51)39-45-23-33(47-39)27-11-13-28(14-12-27)38-22-30-21-29(15-16-37(30)59-38)34-24-46-40(48-34)36-10-8-18-52(36)42(54)32(20-26(3)4)50-44(56)58-6/h11-16,21-26,31-32,35-36H,7-10,17-20H2,1-6H3,(H,45,47)(H,46,48)(H,49,55)(H,50,56)/t31-,32-,35-,36-/m0/s1. The second-order valence-electron chi connectivity index (χ2n) is 16.3. The largest absolute Gasteiger partial charge is 0.456 e. The first kappa shape index (κ1) is 41.1. The SMILES string of the molecule is COC(=O)N[C@@H](CC(C)C)C(=O)N1CCC[C@H]1c1ncc(-c2ccc(-c3cc4cc(-c5cnc([C@@H]6CCCN6C(=O)[C@H](CC(C)C)NC(=O)OC)[nH]5)ccc4o3)cc2)[nH]1. The highest BCUT2D eigenvalue weighted by molar-refractivity contribution is 5.88. The summed E-state index contributed by atoms with van der Waals surface area (Å²) in [6.07, 6.45) is 6.59. The van der Waals surface area contributed by atoms with E-state index < -0.39 is 24.3 Å². The average Bonchev–Trinajstić information content (AvgIpc) is 4.08. The van der Waals surface area contributed by atoms with E-state index in [0.717, 1.165) is 70.5 Å². The molecule has 0 bridgehead atoms. The number of aromatic nitrogens is 4. The Kier molecular flexibility index (Phi) is 12.4. The third kappa shape index (κ3) is 9.13. The lowest BCUT2D eigenvalue weighted by atomic mass is 10.0. The van der Waals surface area contributed by atoms with E-state index in [1.54, 1.807) is 12.4 Å². The molecule has 0 aliphatic carbocycles. The fourth-order valence-corrected chi connectivity index (χ4v) is 8.29. The number of H-pyrrole nitrogens is 2. The number of hydrogen-bond donors (Lipinski definition) is 4. The maximum atomic E-state index is 13.7. The summed E-state index contributed by atoms with van der Waals surface area (Å²) >= 11 is 0. The van der Waals surface area contributed by atoms with Crippen molar-refractivity contribution in [3.8, 4) is 33.8 Å². The molecular formula is C44H54N8O7. The molecule has 59 heavy (non-hydrogen) atoms. The maximum absolute atomic E-state index is 13.7. The number of fused-ring (bicyclic) bond motifs is 1. The Morgan fingerprint density at radius 3 is 1.68 bits per heavy atom. The number of nitrogens with zero attached hydrogens (tertiary/aromatic N) is 4. The number of methoxy groups -OCH3 is 2. The average molecular weight is 807 g/mol. The zero-order valence-electron chi connectivity index (χ0n) is 34.5. The zero-order valence-corrected chi connectivity index (χ0v) is 34.5. The summed E-state index contributed by atoms with van der Waals surface area (Å²) in [4.78, 5) is 71.4. The van der Waals surface area contributed by atoms with Crippen LogP contribution in [0.25, 0.3) is 44.8 Å². The van der Waals surface area contributed by atoms with Crippen LogP contribution in [0.3, 0.4) is 0 Å². The molecule has 5 aromatic rings. The van der Waals surface area contributed by atoms with Crippen LogP contribution in [0.5, 0.6) is 0 Å². The highest BCUT2D eigenvalue weighted by Gasteiger charge is 2.38. The predicted molar refractivity (Wildman–Crippen MR) is 222 cm³/mol. The third-order valence-electron chi connectivity index (χ3n) is 11.2. The molecule has 5 heterocycles. The first-order chi connectivity index (χ1) is 28.4. The van der Waals surface area contributed by atoms with Crippen molar-refractivity contribution in [3.05, 3.63) is 72.6 Å². The molecule has 4 amide bonds. The van der Waals surface area contributed by atoms with Crippen LogP contribution in [-0.4, -0.2) is 93.1 Å². The molecule has 15 nitrogen and oxygen atoms in total. The molecule has 0 unspecified atom stereocenters. The molecule has 0 spiro atoms. The van der Waals surface area contributed by atoms with Crippen LogP contribution >= 0.6 is 0 Å². The second kappa shape index (κ2) is 17.8. The van der Waals surface area contributed by atoms with Crippen molar-refractivity contribution in [2.45, 2.75) is 90.4 Å². The number of imidazole rings is 2. The monoisotopic (exact) mass is 806 g/mol. The van der Waals surface area contributed by atoms with E-state index in [1.165, 1.54) is 14.2 Å². The van der Waals surface area contributed by atoms with Crippen LogP contribution in [-0.2, 0) is 19.1 Å². The van der Waals surface area contributed by atoms with Gasteiger partial charge in [-0.15, -0.1) is 0 Å². The second-order valence-corrected chi connectivity index (χ2v) is 16.3. The van der Waals surface area contributed by atoms with Crippen molar-refractivity contribution in [1.29, 1.82) is 0 Å². The van der Waals surface area contributed by atoms with Crippen molar-refractivity contribution in [3.63, 3.8) is 0 Å². The molecule has 7 rings (SSSR count). The van der Waals surface area contributed by atoms with Gasteiger partial charge in [-0.3, -0.25) is 9.59 Å². The molecule has 2 aliphatic heterocycles. The maximum Gasteiger partial charge on any atom is 0.407 e. The van der Waals surface area contributed by atoms with Crippen LogP contribution in [0.2, 0.25) is 0 Å². The van der Waals surface area contributed by atoms with Gasteiger partial charge in [0.15, 0.2) is 0 Å². The lowest BCUT2D eigenvalue weighted by Crippen LogP contribution is -2.49. The zero-order chi connectivity index (χ0) is 41.8. The lowest BCUT2D eigenvalue weighted by Gasteiger charge is -2.29. The summed E-state index contributed by atoms with van der Waals surface area (Å²) in [5.41, 5.74) is 5.22. The van der Waals surface area contributed by atoms with Crippen molar-refractivity contribution in [1.82, 2.24) is 40.4 Å². The van der Waals surface area contributed by atoms with Crippen LogP contribution in [0.1, 0.15) is 90.0 Å². The number of alkyl carbamates (subject to hydrolysis) is 2. The van der Waals surface area contributed by atoms with Gasteiger partial charge < -0.3 is 44.3 Å². The summed E-state index contributed by atoms with van der Waals surface area (Å²) in [7, 11) is 2.59. The van der Waals surface area contributed by atoms with Gasteiger partial charge in [-0.2, -0.15) is 0 Å². The molecule has 0 radical (unpaired) electrons. The lowest BCUT2D eigenvalue weighted by molar-refractivity contribution is -0.135. The minimum Gasteiger partial charge on any atom is -0.456 e. The number of furan rings is 1. The van der Waals surface area contributed by atoms with E-state index in [-0.39, 0.29) is 35.7 Å². The van der Waals surface area contributed by atoms with Crippen LogP contribution in [0.4, 0.5) is 9.59 Å². The molecular weight excluding hydrogens is 753 g/mol. The van der Waals surface area contributed by atoms with Crippen molar-refractivity contribution >= 4 is 35.0 Å². The first-order valence-corrected chi connectivity index (χ1v) is 20.5. The molecule has 15 heteroatoms. The predicted octanol–water partition coefficient (Wildman–Crippen LogP) is 7.75. The molecule has 4 N–H and O–H groups in total. The number of amides is 4. The van der Waals surface area contributed by atoms with Crippen LogP contribution in [0, 0.1) is 11.8 Å². The highest BCUT2D eigenvalue weighted by Crippen LogP contribution is 2.36. The van der Waals surface area contributed by atoms with Gasteiger partial charge in [-0.05, 0) is 80.2 Å². The van der Waals surface area contributed by atoms with Crippen molar-refractivity contribution < 1.29 is 33.1 Å². The number of carbonyl (C=O) groups is 4. The number of ether oxygens (including phenoxy) is 2. The van der Waals surface area contributed by atoms with E-state index in [0.29, 0.717) is 37.6 Å². The molecule has 2 aliphatic rings. The van der Waals surface area contributed by atoms with E-state index >= 15 is 0 Å². The molecule has 0 saturated carbocycles. The van der Waals surface area contributed by atoms with Gasteiger partial charge >= 0.3 is 12.2 Å². The minimum atomic E-state index is -0.677. The van der Waals surface area contributed by atoms with Crippen molar-refractivity contribution in [2.75, 3.05) is 27.3 Å². The van der Waals surface area contributed by atoms with E-state index in [4.69, 9.17) is 18.9 Å². The van der Waals surface area contributed by atoms with Gasteiger partial charge in [0.2, 0.25) is 11.8 Å². The molecule has 4 atom stereocenters. The topological polar surface area (TPSA) is 188 Å². The normalized spacial score (nSPS) is 17.8. The highest BCUT2D eigenvalue weighted by atomic mass is 16.5. The number of rotatable bonds is 13. The Hall–Kier alpha value is -6.12. The number of benzene rings is 2. The van der Waals surface area contributed by atoms with Crippen LogP contribution < -0.4 is 10.6 Å².